The minimum absolute atomic E-state index is 0.0242. The summed E-state index contributed by atoms with van der Waals surface area (Å²) in [5.74, 6) is -0.647. The average molecular weight is 293 g/mol. The Morgan fingerprint density at radius 1 is 1.48 bits per heavy atom. The molecular formula is C13H16FN5O2. The fraction of sp³-hybridized carbons (Fsp3) is 0.308. The number of hydrogen-bond acceptors (Lipinski definition) is 5. The summed E-state index contributed by atoms with van der Waals surface area (Å²) in [7, 11) is 0. The lowest BCUT2D eigenvalue weighted by Crippen LogP contribution is -2.07. The maximum absolute atomic E-state index is 13.7. The number of nitrogens with one attached hydrogen (secondary N) is 2. The van der Waals surface area contributed by atoms with Crippen LogP contribution in [-0.4, -0.2) is 32.6 Å². The largest absolute Gasteiger partial charge is 0.394 e. The van der Waals surface area contributed by atoms with Crippen molar-refractivity contribution in [1.29, 1.82) is 0 Å². The number of nitrogens with zero attached hydrogens (tertiary/aromatic N) is 3. The Kier molecular flexibility index (Phi) is 4.83. The first-order valence-electron chi connectivity index (χ1n) is 6.39. The molecule has 1 aromatic heterocycles. The van der Waals surface area contributed by atoms with Crippen molar-refractivity contribution in [1.82, 2.24) is 15.0 Å². The second-order valence-corrected chi connectivity index (χ2v) is 4.43. The number of hydrogen-bond donors (Lipinski definition) is 3. The lowest BCUT2D eigenvalue weighted by molar-refractivity contribution is -0.114. The number of rotatable bonds is 6. The van der Waals surface area contributed by atoms with Gasteiger partial charge in [0, 0.05) is 12.6 Å². The van der Waals surface area contributed by atoms with Crippen molar-refractivity contribution in [3.8, 4) is 0 Å². The number of aliphatic hydroxyl groups excluding tert-OH is 1. The van der Waals surface area contributed by atoms with Gasteiger partial charge < -0.3 is 15.7 Å². The smallest absolute Gasteiger partial charge is 0.221 e. The molecule has 7 nitrogen and oxygen atoms in total. The Labute approximate surface area is 120 Å². The fourth-order valence-electron chi connectivity index (χ4n) is 1.76. The third-order valence-corrected chi connectivity index (χ3v) is 2.66. The van der Waals surface area contributed by atoms with E-state index in [2.05, 4.69) is 20.9 Å². The number of anilines is 2. The summed E-state index contributed by atoms with van der Waals surface area (Å²) < 4.78 is 15.2. The lowest BCUT2D eigenvalue weighted by atomic mass is 10.2. The van der Waals surface area contributed by atoms with Crippen LogP contribution in [0.4, 0.5) is 15.8 Å². The predicted molar refractivity (Wildman–Crippen MR) is 75.1 cm³/mol. The molecule has 0 aliphatic rings. The molecule has 0 fully saturated rings. The highest BCUT2D eigenvalue weighted by Crippen LogP contribution is 2.20. The van der Waals surface area contributed by atoms with Gasteiger partial charge in [0.2, 0.25) is 5.91 Å². The van der Waals surface area contributed by atoms with Gasteiger partial charge in [-0.3, -0.25) is 4.79 Å². The lowest BCUT2D eigenvalue weighted by Gasteiger charge is -2.08. The molecule has 0 aliphatic heterocycles. The number of carbonyl (C=O) groups is 1. The quantitative estimate of drug-likeness (QED) is 0.738. The zero-order valence-electron chi connectivity index (χ0n) is 11.5. The molecule has 3 N–H and O–H groups in total. The van der Waals surface area contributed by atoms with Gasteiger partial charge in [0.1, 0.15) is 11.5 Å². The van der Waals surface area contributed by atoms with Crippen LogP contribution < -0.4 is 10.6 Å². The third-order valence-electron chi connectivity index (χ3n) is 2.66. The molecule has 0 saturated heterocycles. The monoisotopic (exact) mass is 293 g/mol. The standard InChI is InChI=1S/C13H16FN5O2/c1-9(21)16-10-2-3-12(14)13(6-10)15-7-11-8-19(4-5-20)18-17-11/h2-3,6,8,15,20H,4-5,7H2,1H3,(H,16,21). The summed E-state index contributed by atoms with van der Waals surface area (Å²) >= 11 is 0. The van der Waals surface area contributed by atoms with Crippen LogP contribution in [-0.2, 0) is 17.9 Å². The van der Waals surface area contributed by atoms with Gasteiger partial charge in [-0.2, -0.15) is 0 Å². The zero-order valence-corrected chi connectivity index (χ0v) is 11.5. The summed E-state index contributed by atoms with van der Waals surface area (Å²) in [6, 6.07) is 4.27. The van der Waals surface area contributed by atoms with Crippen molar-refractivity contribution in [3.63, 3.8) is 0 Å². The van der Waals surface area contributed by atoms with Gasteiger partial charge in [-0.05, 0) is 18.2 Å². The van der Waals surface area contributed by atoms with E-state index in [9.17, 15) is 9.18 Å². The molecule has 0 unspecified atom stereocenters. The fourth-order valence-corrected chi connectivity index (χ4v) is 1.76. The molecule has 0 saturated carbocycles. The van der Waals surface area contributed by atoms with Gasteiger partial charge in [0.05, 0.1) is 31.6 Å². The van der Waals surface area contributed by atoms with E-state index in [1.807, 2.05) is 0 Å². The Bertz CT molecular complexity index is 629. The topological polar surface area (TPSA) is 92.1 Å². The van der Waals surface area contributed by atoms with Gasteiger partial charge in [-0.1, -0.05) is 5.21 Å². The molecule has 0 atom stereocenters. The molecular weight excluding hydrogens is 277 g/mol. The van der Waals surface area contributed by atoms with Crippen LogP contribution in [0.25, 0.3) is 0 Å². The molecule has 2 rings (SSSR count). The molecule has 1 amide bonds. The first-order valence-corrected chi connectivity index (χ1v) is 6.39. The minimum Gasteiger partial charge on any atom is -0.394 e. The van der Waals surface area contributed by atoms with Crippen LogP contribution in [0, 0.1) is 5.82 Å². The summed E-state index contributed by atoms with van der Waals surface area (Å²) in [6.45, 7) is 2.00. The molecule has 1 heterocycles. The van der Waals surface area contributed by atoms with E-state index in [0.717, 1.165) is 0 Å². The van der Waals surface area contributed by atoms with Crippen molar-refractivity contribution in [2.75, 3.05) is 17.2 Å². The summed E-state index contributed by atoms with van der Waals surface area (Å²) in [4.78, 5) is 11.0. The second kappa shape index (κ2) is 6.80. The van der Waals surface area contributed by atoms with E-state index in [1.165, 1.54) is 29.8 Å². The third kappa shape index (κ3) is 4.25. The summed E-state index contributed by atoms with van der Waals surface area (Å²) in [5, 5.41) is 22.0. The molecule has 0 bridgehead atoms. The van der Waals surface area contributed by atoms with Crippen LogP contribution in [0.1, 0.15) is 12.6 Å². The van der Waals surface area contributed by atoms with E-state index in [1.54, 1.807) is 6.20 Å². The number of carbonyl (C=O) groups excluding carboxylic acids is 1. The SMILES string of the molecule is CC(=O)Nc1ccc(F)c(NCc2cn(CCO)nn2)c1. The summed E-state index contributed by atoms with van der Waals surface area (Å²) in [5.41, 5.74) is 1.39. The Hall–Kier alpha value is -2.48. The molecule has 8 heteroatoms. The Balaban J connectivity index is 2.02. The number of amides is 1. The summed E-state index contributed by atoms with van der Waals surface area (Å²) in [6.07, 6.45) is 1.67. The molecule has 1 aromatic carbocycles. The van der Waals surface area contributed by atoms with Crippen LogP contribution in [0.3, 0.4) is 0 Å². The zero-order chi connectivity index (χ0) is 15.2. The maximum Gasteiger partial charge on any atom is 0.221 e. The minimum atomic E-state index is -0.424. The van der Waals surface area contributed by atoms with Crippen LogP contribution in [0.5, 0.6) is 0 Å². The van der Waals surface area contributed by atoms with Gasteiger partial charge in [-0.25, -0.2) is 9.07 Å². The van der Waals surface area contributed by atoms with Gasteiger partial charge in [0.15, 0.2) is 0 Å². The van der Waals surface area contributed by atoms with Gasteiger partial charge in [-0.15, -0.1) is 5.10 Å². The second-order valence-electron chi connectivity index (χ2n) is 4.43. The van der Waals surface area contributed by atoms with Crippen molar-refractivity contribution in [3.05, 3.63) is 35.9 Å². The highest BCUT2D eigenvalue weighted by Gasteiger charge is 2.06. The van der Waals surface area contributed by atoms with Gasteiger partial charge in [0.25, 0.3) is 0 Å². The van der Waals surface area contributed by atoms with Crippen molar-refractivity contribution in [2.24, 2.45) is 0 Å². The number of benzene rings is 1. The molecule has 21 heavy (non-hydrogen) atoms. The highest BCUT2D eigenvalue weighted by atomic mass is 19.1. The molecule has 0 aliphatic carbocycles. The number of halogens is 1. The van der Waals surface area contributed by atoms with Crippen molar-refractivity contribution >= 4 is 17.3 Å². The first-order chi connectivity index (χ1) is 10.1. The predicted octanol–water partition coefficient (Wildman–Crippen LogP) is 0.980. The van der Waals surface area contributed by atoms with E-state index < -0.39 is 5.82 Å². The maximum atomic E-state index is 13.7. The van der Waals surface area contributed by atoms with Crippen LogP contribution in [0.15, 0.2) is 24.4 Å². The Morgan fingerprint density at radius 3 is 3.00 bits per heavy atom. The van der Waals surface area contributed by atoms with E-state index in [4.69, 9.17) is 5.11 Å². The van der Waals surface area contributed by atoms with Crippen LogP contribution >= 0.6 is 0 Å². The highest BCUT2D eigenvalue weighted by molar-refractivity contribution is 5.89. The number of aliphatic hydroxyl groups is 1. The van der Waals surface area contributed by atoms with Crippen molar-refractivity contribution in [2.45, 2.75) is 20.0 Å². The normalized spacial score (nSPS) is 10.4. The average Bonchev–Trinajstić information content (AvgIpc) is 2.87. The molecule has 2 aromatic rings. The molecule has 0 radical (unpaired) electrons. The van der Waals surface area contributed by atoms with E-state index in [-0.39, 0.29) is 24.7 Å². The molecule has 112 valence electrons. The van der Waals surface area contributed by atoms with E-state index >= 15 is 0 Å². The van der Waals surface area contributed by atoms with Crippen LogP contribution in [0.2, 0.25) is 0 Å². The molecule has 0 spiro atoms. The van der Waals surface area contributed by atoms with Gasteiger partial charge >= 0.3 is 0 Å². The Morgan fingerprint density at radius 2 is 2.29 bits per heavy atom. The van der Waals surface area contributed by atoms with E-state index in [0.29, 0.717) is 17.9 Å². The number of aromatic nitrogens is 3. The first kappa shape index (κ1) is 14.9. The van der Waals surface area contributed by atoms with Crippen molar-refractivity contribution < 1.29 is 14.3 Å².